The highest BCUT2D eigenvalue weighted by atomic mass is 35.5. The Bertz CT molecular complexity index is 921. The van der Waals surface area contributed by atoms with Crippen LogP contribution < -0.4 is 0 Å². The molecule has 0 aromatic heterocycles. The molecule has 1 fully saturated rings. The van der Waals surface area contributed by atoms with Crippen LogP contribution in [0.3, 0.4) is 0 Å². The van der Waals surface area contributed by atoms with Crippen LogP contribution in [-0.2, 0) is 9.59 Å². The van der Waals surface area contributed by atoms with E-state index in [-0.39, 0.29) is 17.3 Å². The van der Waals surface area contributed by atoms with Gasteiger partial charge in [0.25, 0.3) is 11.7 Å². The summed E-state index contributed by atoms with van der Waals surface area (Å²) in [5, 5.41) is 11.3. The lowest BCUT2D eigenvalue weighted by Crippen LogP contribution is -2.33. The summed E-state index contributed by atoms with van der Waals surface area (Å²) in [6.07, 6.45) is 0. The molecule has 1 saturated heterocycles. The van der Waals surface area contributed by atoms with Gasteiger partial charge < -0.3 is 10.0 Å². The van der Waals surface area contributed by atoms with Crippen molar-refractivity contribution in [3.05, 3.63) is 76.1 Å². The van der Waals surface area contributed by atoms with Crippen molar-refractivity contribution >= 4 is 29.1 Å². The van der Waals surface area contributed by atoms with Gasteiger partial charge >= 0.3 is 0 Å². The highest BCUT2D eigenvalue weighted by Gasteiger charge is 2.46. The number of carbonyl (C=O) groups excluding carboxylic acids is 2. The van der Waals surface area contributed by atoms with Gasteiger partial charge in [0.1, 0.15) is 11.6 Å². The molecule has 6 heteroatoms. The van der Waals surface area contributed by atoms with Gasteiger partial charge in [-0.15, -0.1) is 0 Å². The number of aliphatic hydroxyl groups excluding tert-OH is 1. The molecule has 1 aliphatic heterocycles. The number of nitrogens with zero attached hydrogens (tertiary/aromatic N) is 1. The van der Waals surface area contributed by atoms with E-state index in [1.54, 1.807) is 30.3 Å². The minimum atomic E-state index is -0.848. The average molecular weight is 388 g/mol. The Hall–Kier alpha value is -2.66. The predicted molar refractivity (Wildman–Crippen MR) is 102 cm³/mol. The minimum absolute atomic E-state index is 0.0476. The van der Waals surface area contributed by atoms with E-state index < -0.39 is 23.5 Å². The monoisotopic (exact) mass is 387 g/mol. The number of rotatable bonds is 4. The van der Waals surface area contributed by atoms with E-state index in [0.717, 1.165) is 0 Å². The molecule has 0 saturated carbocycles. The van der Waals surface area contributed by atoms with Crippen molar-refractivity contribution in [3.8, 4) is 0 Å². The molecule has 1 amide bonds. The number of ketones is 1. The Morgan fingerprint density at radius 1 is 1.19 bits per heavy atom. The number of hydrogen-bond donors (Lipinski definition) is 1. The SMILES string of the molecule is CC(C)CN1C(=O)C(=O)C(=C(O)c2ccc(Cl)cc2)C1c1cccc(F)c1. The quantitative estimate of drug-likeness (QED) is 0.475. The Morgan fingerprint density at radius 2 is 1.85 bits per heavy atom. The average Bonchev–Trinajstić information content (AvgIpc) is 2.86. The van der Waals surface area contributed by atoms with Gasteiger partial charge in [0.05, 0.1) is 11.6 Å². The Morgan fingerprint density at radius 3 is 2.44 bits per heavy atom. The predicted octanol–water partition coefficient (Wildman–Crippen LogP) is 4.56. The lowest BCUT2D eigenvalue weighted by Gasteiger charge is -2.26. The van der Waals surface area contributed by atoms with Crippen molar-refractivity contribution in [2.75, 3.05) is 6.54 Å². The van der Waals surface area contributed by atoms with Crippen LogP contribution in [0.1, 0.15) is 31.0 Å². The topological polar surface area (TPSA) is 57.6 Å². The number of aliphatic hydroxyl groups is 1. The maximum atomic E-state index is 13.8. The van der Waals surface area contributed by atoms with E-state index in [1.165, 1.54) is 23.1 Å². The number of Topliss-reactive ketones (excluding diaryl/α,β-unsaturated/α-hetero) is 1. The van der Waals surface area contributed by atoms with Gasteiger partial charge in [0, 0.05) is 17.1 Å². The molecule has 140 valence electrons. The zero-order valence-electron chi connectivity index (χ0n) is 14.9. The fraction of sp³-hybridized carbons (Fsp3) is 0.238. The van der Waals surface area contributed by atoms with Crippen molar-refractivity contribution < 1.29 is 19.1 Å². The van der Waals surface area contributed by atoms with Crippen molar-refractivity contribution in [2.24, 2.45) is 5.92 Å². The summed E-state index contributed by atoms with van der Waals surface area (Å²) in [6.45, 7) is 4.14. The lowest BCUT2D eigenvalue weighted by atomic mass is 9.95. The van der Waals surface area contributed by atoms with Gasteiger partial charge in [-0.1, -0.05) is 37.6 Å². The van der Waals surface area contributed by atoms with E-state index >= 15 is 0 Å². The van der Waals surface area contributed by atoms with E-state index in [1.807, 2.05) is 13.8 Å². The molecule has 1 heterocycles. The van der Waals surface area contributed by atoms with Gasteiger partial charge in [0.15, 0.2) is 0 Å². The molecule has 1 N–H and O–H groups in total. The third-order valence-electron chi connectivity index (χ3n) is 4.38. The standard InChI is InChI=1S/C21H19ClFNO3/c1-12(2)11-24-18(14-4-3-5-16(23)10-14)17(20(26)21(24)27)19(25)13-6-8-15(22)9-7-13/h3-10,12,18,25H,11H2,1-2H3. The summed E-state index contributed by atoms with van der Waals surface area (Å²) in [4.78, 5) is 26.7. The van der Waals surface area contributed by atoms with Crippen LogP contribution in [0.4, 0.5) is 4.39 Å². The summed E-state index contributed by atoms with van der Waals surface area (Å²) in [7, 11) is 0. The molecule has 0 spiro atoms. The van der Waals surface area contributed by atoms with Crippen LogP contribution in [0, 0.1) is 11.7 Å². The summed E-state index contributed by atoms with van der Waals surface area (Å²) >= 11 is 5.88. The number of amides is 1. The molecule has 0 bridgehead atoms. The molecule has 3 rings (SSSR count). The van der Waals surface area contributed by atoms with Crippen LogP contribution in [0.25, 0.3) is 5.76 Å². The van der Waals surface area contributed by atoms with Gasteiger partial charge in [-0.05, 0) is 47.9 Å². The van der Waals surface area contributed by atoms with E-state index in [4.69, 9.17) is 11.6 Å². The second-order valence-corrected chi connectivity index (χ2v) is 7.34. The molecule has 2 aromatic carbocycles. The van der Waals surface area contributed by atoms with Crippen molar-refractivity contribution in [2.45, 2.75) is 19.9 Å². The zero-order chi connectivity index (χ0) is 19.7. The molecule has 2 aromatic rings. The number of halogens is 2. The van der Waals surface area contributed by atoms with Crippen molar-refractivity contribution in [3.63, 3.8) is 0 Å². The molecule has 4 nitrogen and oxygen atoms in total. The molecular weight excluding hydrogens is 369 g/mol. The maximum Gasteiger partial charge on any atom is 0.295 e. The second kappa shape index (κ2) is 7.53. The van der Waals surface area contributed by atoms with Crippen molar-refractivity contribution in [1.29, 1.82) is 0 Å². The summed E-state index contributed by atoms with van der Waals surface area (Å²) in [5.41, 5.74) is 0.752. The first-order valence-electron chi connectivity index (χ1n) is 8.59. The number of carbonyl (C=O) groups is 2. The highest BCUT2D eigenvalue weighted by molar-refractivity contribution is 6.46. The molecular formula is C21H19ClFNO3. The highest BCUT2D eigenvalue weighted by Crippen LogP contribution is 2.40. The number of hydrogen-bond acceptors (Lipinski definition) is 3. The lowest BCUT2D eigenvalue weighted by molar-refractivity contribution is -0.140. The summed E-state index contributed by atoms with van der Waals surface area (Å²) in [6, 6.07) is 11.2. The first kappa shape index (κ1) is 19.1. The Labute approximate surface area is 161 Å². The fourth-order valence-corrected chi connectivity index (χ4v) is 3.37. The normalized spacial score (nSPS) is 19.1. The molecule has 0 radical (unpaired) electrons. The van der Waals surface area contributed by atoms with E-state index in [0.29, 0.717) is 22.7 Å². The van der Waals surface area contributed by atoms with Crippen LogP contribution >= 0.6 is 11.6 Å². The Balaban J connectivity index is 2.19. The van der Waals surface area contributed by atoms with Gasteiger partial charge in [-0.25, -0.2) is 4.39 Å². The molecule has 1 unspecified atom stereocenters. The largest absolute Gasteiger partial charge is 0.507 e. The minimum Gasteiger partial charge on any atom is -0.507 e. The maximum absolute atomic E-state index is 13.8. The van der Waals surface area contributed by atoms with Crippen molar-refractivity contribution in [1.82, 2.24) is 4.90 Å². The molecule has 1 aliphatic rings. The van der Waals surface area contributed by atoms with E-state index in [2.05, 4.69) is 0 Å². The van der Waals surface area contributed by atoms with Gasteiger partial charge in [-0.2, -0.15) is 0 Å². The third-order valence-corrected chi connectivity index (χ3v) is 4.64. The summed E-state index contributed by atoms with van der Waals surface area (Å²) < 4.78 is 13.8. The fourth-order valence-electron chi connectivity index (χ4n) is 3.25. The number of benzene rings is 2. The van der Waals surface area contributed by atoms with Crippen LogP contribution in [-0.4, -0.2) is 28.2 Å². The van der Waals surface area contributed by atoms with Crippen LogP contribution in [0.2, 0.25) is 5.02 Å². The Kier molecular flexibility index (Phi) is 5.33. The third kappa shape index (κ3) is 3.74. The number of likely N-dealkylation sites (tertiary alicyclic amines) is 1. The molecule has 27 heavy (non-hydrogen) atoms. The van der Waals surface area contributed by atoms with Crippen LogP contribution in [0.15, 0.2) is 54.1 Å². The zero-order valence-corrected chi connectivity index (χ0v) is 15.7. The smallest absolute Gasteiger partial charge is 0.295 e. The van der Waals surface area contributed by atoms with E-state index in [9.17, 15) is 19.1 Å². The van der Waals surface area contributed by atoms with Crippen LogP contribution in [0.5, 0.6) is 0 Å². The van der Waals surface area contributed by atoms with Gasteiger partial charge in [-0.3, -0.25) is 9.59 Å². The van der Waals surface area contributed by atoms with Gasteiger partial charge in [0.2, 0.25) is 0 Å². The molecule has 1 atom stereocenters. The second-order valence-electron chi connectivity index (χ2n) is 6.91. The summed E-state index contributed by atoms with van der Waals surface area (Å²) in [5.74, 6) is -2.17. The first-order valence-corrected chi connectivity index (χ1v) is 8.97. The molecule has 0 aliphatic carbocycles. The first-order chi connectivity index (χ1) is 12.8.